The van der Waals surface area contributed by atoms with Crippen LogP contribution in [-0.2, 0) is 15.9 Å². The van der Waals surface area contributed by atoms with Gasteiger partial charge in [0, 0.05) is 31.1 Å². The van der Waals surface area contributed by atoms with Gasteiger partial charge in [-0.15, -0.1) is 11.6 Å². The summed E-state index contributed by atoms with van der Waals surface area (Å²) in [5.41, 5.74) is 0.682. The van der Waals surface area contributed by atoms with Crippen LogP contribution in [0.2, 0.25) is 0 Å². The maximum absolute atomic E-state index is 13.0. The Hall–Kier alpha value is -0.620. The highest BCUT2D eigenvalue weighted by atomic mass is 35.5. The molecule has 0 aliphatic carbocycles. The Kier molecular flexibility index (Phi) is 4.28. The van der Waals surface area contributed by atoms with Crippen molar-refractivity contribution < 1.29 is 8.42 Å². The van der Waals surface area contributed by atoms with E-state index >= 15 is 0 Å². The van der Waals surface area contributed by atoms with Crippen molar-refractivity contribution in [1.82, 2.24) is 9.21 Å². The fourth-order valence-electron chi connectivity index (χ4n) is 3.50. The number of likely N-dealkylation sites (N-methyl/N-ethyl adjacent to an activating group) is 1. The fourth-order valence-corrected chi connectivity index (χ4v) is 5.53. The number of hydrogen-bond acceptors (Lipinski definition) is 3. The lowest BCUT2D eigenvalue weighted by Crippen LogP contribution is -2.39. The number of hydrogen-bond donors (Lipinski definition) is 0. The monoisotopic (exact) mass is 328 g/mol. The van der Waals surface area contributed by atoms with Gasteiger partial charge in [0.25, 0.3) is 0 Å². The molecule has 2 fully saturated rings. The molecule has 1 aromatic carbocycles. The number of fused-ring (bicyclic) bond motifs is 2. The number of alkyl halides is 1. The van der Waals surface area contributed by atoms with Crippen molar-refractivity contribution in [3.63, 3.8) is 0 Å². The molecule has 0 spiro atoms. The van der Waals surface area contributed by atoms with E-state index in [0.717, 1.165) is 12.8 Å². The third kappa shape index (κ3) is 2.72. The van der Waals surface area contributed by atoms with E-state index in [1.165, 1.54) is 6.42 Å². The van der Waals surface area contributed by atoms with E-state index in [4.69, 9.17) is 11.6 Å². The van der Waals surface area contributed by atoms with E-state index in [-0.39, 0.29) is 5.88 Å². The van der Waals surface area contributed by atoms with Gasteiger partial charge in [0.05, 0.1) is 4.90 Å². The molecule has 0 saturated carbocycles. The van der Waals surface area contributed by atoms with Gasteiger partial charge in [0.1, 0.15) is 0 Å². The summed E-state index contributed by atoms with van der Waals surface area (Å²) in [6.07, 6.45) is 3.19. The Morgan fingerprint density at radius 1 is 1.19 bits per heavy atom. The summed E-state index contributed by atoms with van der Waals surface area (Å²) >= 11 is 5.90. The Labute approximate surface area is 131 Å². The average molecular weight is 329 g/mol. The Balaban J connectivity index is 1.92. The summed E-state index contributed by atoms with van der Waals surface area (Å²) in [5, 5.41) is 0. The van der Waals surface area contributed by atoms with Crippen LogP contribution < -0.4 is 0 Å². The molecule has 0 N–H and O–H groups in total. The molecule has 6 heteroatoms. The van der Waals surface area contributed by atoms with Crippen LogP contribution in [0.5, 0.6) is 0 Å². The van der Waals surface area contributed by atoms with E-state index in [0.29, 0.717) is 35.6 Å². The van der Waals surface area contributed by atoms with Gasteiger partial charge in [-0.3, -0.25) is 4.90 Å². The third-order valence-electron chi connectivity index (χ3n) is 4.85. The first-order chi connectivity index (χ1) is 10.0. The first-order valence-electron chi connectivity index (χ1n) is 7.40. The first kappa shape index (κ1) is 15.3. The Bertz CT molecular complexity index is 620. The maximum Gasteiger partial charge on any atom is 0.243 e. The summed E-state index contributed by atoms with van der Waals surface area (Å²) in [7, 11) is -1.34. The molecule has 3 rings (SSSR count). The van der Waals surface area contributed by atoms with Gasteiger partial charge < -0.3 is 0 Å². The molecule has 2 heterocycles. The van der Waals surface area contributed by atoms with Gasteiger partial charge in [-0.05, 0) is 37.9 Å². The van der Waals surface area contributed by atoms with Gasteiger partial charge in [-0.2, -0.15) is 4.31 Å². The molecule has 2 saturated heterocycles. The van der Waals surface area contributed by atoms with Crippen LogP contribution in [-0.4, -0.2) is 49.8 Å². The molecule has 0 amide bonds. The molecule has 2 atom stereocenters. The zero-order valence-corrected chi connectivity index (χ0v) is 13.8. The molecular weight excluding hydrogens is 308 g/mol. The van der Waals surface area contributed by atoms with Crippen molar-refractivity contribution in [2.45, 2.75) is 42.1 Å². The molecule has 2 unspecified atom stereocenters. The third-order valence-corrected chi connectivity index (χ3v) is 7.10. The normalized spacial score (nSPS) is 27.7. The van der Waals surface area contributed by atoms with Crippen LogP contribution in [0.4, 0.5) is 0 Å². The zero-order valence-electron chi connectivity index (χ0n) is 12.2. The van der Waals surface area contributed by atoms with E-state index in [1.54, 1.807) is 22.5 Å². The molecule has 1 aromatic rings. The molecule has 4 nitrogen and oxygen atoms in total. The van der Waals surface area contributed by atoms with E-state index < -0.39 is 10.0 Å². The second kappa shape index (κ2) is 5.88. The summed E-state index contributed by atoms with van der Waals surface area (Å²) in [5.74, 6) is 0.217. The summed E-state index contributed by atoms with van der Waals surface area (Å²) < 4.78 is 27.6. The Morgan fingerprint density at radius 3 is 2.67 bits per heavy atom. The second-order valence-corrected chi connectivity index (χ2v) is 8.12. The van der Waals surface area contributed by atoms with Crippen LogP contribution >= 0.6 is 11.6 Å². The summed E-state index contributed by atoms with van der Waals surface area (Å²) in [6, 6.07) is 7.91. The standard InChI is InChI=1S/C15H21ClN2O2S/c1-17-13-6-7-14(17)11-18(9-8-13)21(19,20)15-5-3-2-4-12(15)10-16/h2-5,13-14H,6-11H2,1H3. The molecule has 0 aromatic heterocycles. The predicted molar refractivity (Wildman–Crippen MR) is 83.9 cm³/mol. The smallest absolute Gasteiger partial charge is 0.243 e. The highest BCUT2D eigenvalue weighted by molar-refractivity contribution is 7.89. The van der Waals surface area contributed by atoms with Crippen molar-refractivity contribution >= 4 is 21.6 Å². The van der Waals surface area contributed by atoms with Gasteiger partial charge >= 0.3 is 0 Å². The molecule has 116 valence electrons. The van der Waals surface area contributed by atoms with Gasteiger partial charge in [-0.25, -0.2) is 8.42 Å². The second-order valence-electron chi connectivity index (χ2n) is 5.94. The van der Waals surface area contributed by atoms with Gasteiger partial charge in [0.2, 0.25) is 10.0 Å². The van der Waals surface area contributed by atoms with Crippen molar-refractivity contribution in [2.75, 3.05) is 20.1 Å². The fraction of sp³-hybridized carbons (Fsp3) is 0.600. The minimum Gasteiger partial charge on any atom is -0.299 e. The summed E-state index contributed by atoms with van der Waals surface area (Å²) in [4.78, 5) is 2.71. The lowest BCUT2D eigenvalue weighted by Gasteiger charge is -2.26. The maximum atomic E-state index is 13.0. The van der Waals surface area contributed by atoms with Gasteiger partial charge in [-0.1, -0.05) is 18.2 Å². The SMILES string of the molecule is CN1C2CCC1CN(S(=O)(=O)c1ccccc1CCl)CC2. The van der Waals surface area contributed by atoms with E-state index in [1.807, 2.05) is 6.07 Å². The minimum absolute atomic E-state index is 0.217. The van der Waals surface area contributed by atoms with Crippen LogP contribution in [0.3, 0.4) is 0 Å². The molecule has 0 radical (unpaired) electrons. The average Bonchev–Trinajstić information content (AvgIpc) is 2.71. The first-order valence-corrected chi connectivity index (χ1v) is 9.37. The number of sulfonamides is 1. The topological polar surface area (TPSA) is 40.6 Å². The van der Waals surface area contributed by atoms with Crippen molar-refractivity contribution in [1.29, 1.82) is 0 Å². The van der Waals surface area contributed by atoms with Crippen LogP contribution in [0.15, 0.2) is 29.2 Å². The van der Waals surface area contributed by atoms with E-state index in [9.17, 15) is 8.42 Å². The van der Waals surface area contributed by atoms with Crippen molar-refractivity contribution in [3.05, 3.63) is 29.8 Å². The van der Waals surface area contributed by atoms with Crippen LogP contribution in [0.25, 0.3) is 0 Å². The quantitative estimate of drug-likeness (QED) is 0.799. The zero-order chi connectivity index (χ0) is 15.0. The highest BCUT2D eigenvalue weighted by Gasteiger charge is 2.39. The number of nitrogens with zero attached hydrogens (tertiary/aromatic N) is 2. The van der Waals surface area contributed by atoms with E-state index in [2.05, 4.69) is 11.9 Å². The largest absolute Gasteiger partial charge is 0.299 e. The highest BCUT2D eigenvalue weighted by Crippen LogP contribution is 2.31. The lowest BCUT2D eigenvalue weighted by molar-refractivity contribution is 0.246. The van der Waals surface area contributed by atoms with Gasteiger partial charge in [0.15, 0.2) is 0 Å². The molecule has 2 aliphatic heterocycles. The van der Waals surface area contributed by atoms with Crippen molar-refractivity contribution in [3.8, 4) is 0 Å². The minimum atomic E-state index is -3.45. The number of benzene rings is 1. The number of rotatable bonds is 3. The predicted octanol–water partition coefficient (Wildman–Crippen LogP) is 2.28. The van der Waals surface area contributed by atoms with Crippen LogP contribution in [0, 0.1) is 0 Å². The van der Waals surface area contributed by atoms with Crippen LogP contribution in [0.1, 0.15) is 24.8 Å². The molecule has 21 heavy (non-hydrogen) atoms. The van der Waals surface area contributed by atoms with Crippen molar-refractivity contribution in [2.24, 2.45) is 0 Å². The molecule has 2 aliphatic rings. The molecule has 2 bridgehead atoms. The summed E-state index contributed by atoms with van der Waals surface area (Å²) in [6.45, 7) is 1.19. The molecular formula is C15H21ClN2O2S. The number of halogens is 1. The lowest BCUT2D eigenvalue weighted by atomic mass is 10.1. The Morgan fingerprint density at radius 2 is 1.90 bits per heavy atom.